The molecule has 0 aliphatic carbocycles. The zero-order valence-corrected chi connectivity index (χ0v) is 12.9. The SMILES string of the molecule is Cc1c(N)cccc1NC(=O)CCN(C)CC1CCCO1. The Morgan fingerprint density at radius 3 is 3.05 bits per heavy atom. The minimum Gasteiger partial charge on any atom is -0.398 e. The second-order valence-electron chi connectivity index (χ2n) is 5.72. The number of ether oxygens (including phenoxy) is 1. The minimum atomic E-state index is 0.0166. The summed E-state index contributed by atoms with van der Waals surface area (Å²) < 4.78 is 5.60. The van der Waals surface area contributed by atoms with Crippen LogP contribution in [0.5, 0.6) is 0 Å². The fraction of sp³-hybridized carbons (Fsp3) is 0.562. The van der Waals surface area contributed by atoms with Crippen molar-refractivity contribution in [1.29, 1.82) is 0 Å². The van der Waals surface area contributed by atoms with Crippen LogP contribution in [0.15, 0.2) is 18.2 Å². The number of likely N-dealkylation sites (N-methyl/N-ethyl adjacent to an activating group) is 1. The van der Waals surface area contributed by atoms with E-state index in [-0.39, 0.29) is 5.91 Å². The summed E-state index contributed by atoms with van der Waals surface area (Å²) in [6.07, 6.45) is 3.07. The number of benzene rings is 1. The Labute approximate surface area is 126 Å². The van der Waals surface area contributed by atoms with E-state index in [4.69, 9.17) is 10.5 Å². The Hall–Kier alpha value is -1.59. The topological polar surface area (TPSA) is 67.6 Å². The zero-order valence-electron chi connectivity index (χ0n) is 12.9. The predicted octanol–water partition coefficient (Wildman–Crippen LogP) is 2.02. The van der Waals surface area contributed by atoms with Crippen molar-refractivity contribution in [2.45, 2.75) is 32.3 Å². The summed E-state index contributed by atoms with van der Waals surface area (Å²) in [4.78, 5) is 14.2. The Balaban J connectivity index is 1.75. The highest BCUT2D eigenvalue weighted by molar-refractivity contribution is 5.92. The molecule has 3 N–H and O–H groups in total. The molecular formula is C16H25N3O2. The van der Waals surface area contributed by atoms with Gasteiger partial charge in [-0.15, -0.1) is 0 Å². The van der Waals surface area contributed by atoms with E-state index in [0.29, 0.717) is 18.2 Å². The first-order valence-corrected chi connectivity index (χ1v) is 7.51. The van der Waals surface area contributed by atoms with Gasteiger partial charge in [-0.3, -0.25) is 4.79 Å². The normalized spacial score (nSPS) is 18.1. The molecule has 0 saturated carbocycles. The van der Waals surface area contributed by atoms with Crippen molar-refractivity contribution in [3.05, 3.63) is 23.8 Å². The average molecular weight is 291 g/mol. The molecule has 1 saturated heterocycles. The first kappa shape index (κ1) is 15.8. The Kier molecular flexibility index (Phi) is 5.59. The fourth-order valence-corrected chi connectivity index (χ4v) is 2.52. The smallest absolute Gasteiger partial charge is 0.225 e. The number of amides is 1. The number of carbonyl (C=O) groups excluding carboxylic acids is 1. The second kappa shape index (κ2) is 7.43. The van der Waals surface area contributed by atoms with Gasteiger partial charge in [-0.05, 0) is 44.5 Å². The number of carbonyl (C=O) groups is 1. The van der Waals surface area contributed by atoms with Gasteiger partial charge < -0.3 is 20.7 Å². The maximum atomic E-state index is 12.0. The van der Waals surface area contributed by atoms with Gasteiger partial charge in [0.15, 0.2) is 0 Å². The van der Waals surface area contributed by atoms with Crippen molar-refractivity contribution in [2.24, 2.45) is 0 Å². The number of hydrogen-bond acceptors (Lipinski definition) is 4. The first-order chi connectivity index (χ1) is 10.1. The Morgan fingerprint density at radius 2 is 2.33 bits per heavy atom. The summed E-state index contributed by atoms with van der Waals surface area (Å²) in [5.74, 6) is 0.0166. The fourth-order valence-electron chi connectivity index (χ4n) is 2.52. The standard InChI is InChI=1S/C16H25N3O2/c1-12-14(17)6-3-7-15(12)18-16(20)8-9-19(2)11-13-5-4-10-21-13/h3,6-7,13H,4-5,8-11,17H2,1-2H3,(H,18,20). The van der Waals surface area contributed by atoms with Crippen molar-refractivity contribution in [3.8, 4) is 0 Å². The number of hydrogen-bond donors (Lipinski definition) is 2. The maximum absolute atomic E-state index is 12.0. The molecule has 1 amide bonds. The number of nitrogens with one attached hydrogen (secondary N) is 1. The van der Waals surface area contributed by atoms with Crippen molar-refractivity contribution >= 4 is 17.3 Å². The molecule has 1 fully saturated rings. The van der Waals surface area contributed by atoms with Crippen LogP contribution in [-0.2, 0) is 9.53 Å². The van der Waals surface area contributed by atoms with Gasteiger partial charge in [-0.1, -0.05) is 6.07 Å². The van der Waals surface area contributed by atoms with Crippen LogP contribution in [0.25, 0.3) is 0 Å². The molecule has 0 radical (unpaired) electrons. The highest BCUT2D eigenvalue weighted by Crippen LogP contribution is 2.20. The van der Waals surface area contributed by atoms with Crippen molar-refractivity contribution in [1.82, 2.24) is 4.90 Å². The van der Waals surface area contributed by atoms with E-state index < -0.39 is 0 Å². The lowest BCUT2D eigenvalue weighted by molar-refractivity contribution is -0.116. The monoisotopic (exact) mass is 291 g/mol. The summed E-state index contributed by atoms with van der Waals surface area (Å²) in [5.41, 5.74) is 8.24. The van der Waals surface area contributed by atoms with Crippen LogP contribution in [0.4, 0.5) is 11.4 Å². The van der Waals surface area contributed by atoms with Crippen LogP contribution < -0.4 is 11.1 Å². The lowest BCUT2D eigenvalue weighted by Crippen LogP contribution is -2.31. The van der Waals surface area contributed by atoms with Crippen LogP contribution in [0.2, 0.25) is 0 Å². The van der Waals surface area contributed by atoms with E-state index in [1.807, 2.05) is 32.2 Å². The quantitative estimate of drug-likeness (QED) is 0.787. The van der Waals surface area contributed by atoms with Gasteiger partial charge in [0.2, 0.25) is 5.91 Å². The molecule has 116 valence electrons. The largest absolute Gasteiger partial charge is 0.398 e. The Bertz CT molecular complexity index is 484. The van der Waals surface area contributed by atoms with Gasteiger partial charge in [0.1, 0.15) is 0 Å². The molecule has 2 rings (SSSR count). The van der Waals surface area contributed by atoms with Crippen molar-refractivity contribution < 1.29 is 9.53 Å². The molecule has 1 heterocycles. The summed E-state index contributed by atoms with van der Waals surface area (Å²) in [7, 11) is 2.03. The van der Waals surface area contributed by atoms with E-state index in [2.05, 4.69) is 10.2 Å². The third-order valence-electron chi connectivity index (χ3n) is 3.91. The summed E-state index contributed by atoms with van der Waals surface area (Å²) in [5, 5.41) is 2.92. The second-order valence-corrected chi connectivity index (χ2v) is 5.72. The van der Waals surface area contributed by atoms with E-state index in [1.165, 1.54) is 0 Å². The molecule has 1 aromatic rings. The van der Waals surface area contributed by atoms with Crippen molar-refractivity contribution in [2.75, 3.05) is 37.8 Å². The van der Waals surface area contributed by atoms with Gasteiger partial charge in [-0.25, -0.2) is 0 Å². The van der Waals surface area contributed by atoms with E-state index in [9.17, 15) is 4.79 Å². The molecule has 0 bridgehead atoms. The molecule has 0 spiro atoms. The van der Waals surface area contributed by atoms with Gasteiger partial charge in [0.25, 0.3) is 0 Å². The highest BCUT2D eigenvalue weighted by atomic mass is 16.5. The Morgan fingerprint density at radius 1 is 1.52 bits per heavy atom. The van der Waals surface area contributed by atoms with Crippen molar-refractivity contribution in [3.63, 3.8) is 0 Å². The molecule has 1 aromatic carbocycles. The molecule has 1 unspecified atom stereocenters. The molecule has 5 heteroatoms. The minimum absolute atomic E-state index is 0.0166. The van der Waals surface area contributed by atoms with Gasteiger partial charge in [0.05, 0.1) is 6.10 Å². The molecule has 0 aromatic heterocycles. The van der Waals surface area contributed by atoms with Crippen LogP contribution in [0.1, 0.15) is 24.8 Å². The molecule has 5 nitrogen and oxygen atoms in total. The lowest BCUT2D eigenvalue weighted by atomic mass is 10.1. The van der Waals surface area contributed by atoms with E-state index in [1.54, 1.807) is 0 Å². The summed E-state index contributed by atoms with van der Waals surface area (Å²) in [6, 6.07) is 5.56. The van der Waals surface area contributed by atoms with Gasteiger partial charge in [0, 0.05) is 37.5 Å². The summed E-state index contributed by atoms with van der Waals surface area (Å²) >= 11 is 0. The molecular weight excluding hydrogens is 266 g/mol. The number of rotatable bonds is 6. The first-order valence-electron chi connectivity index (χ1n) is 7.51. The molecule has 1 aliphatic heterocycles. The number of nitrogens with zero attached hydrogens (tertiary/aromatic N) is 1. The van der Waals surface area contributed by atoms with Crippen LogP contribution in [-0.4, -0.2) is 43.7 Å². The lowest BCUT2D eigenvalue weighted by Gasteiger charge is -2.20. The number of anilines is 2. The zero-order chi connectivity index (χ0) is 15.2. The molecule has 1 atom stereocenters. The third-order valence-corrected chi connectivity index (χ3v) is 3.91. The third kappa shape index (κ3) is 4.72. The molecule has 21 heavy (non-hydrogen) atoms. The summed E-state index contributed by atoms with van der Waals surface area (Å²) in [6.45, 7) is 4.40. The average Bonchev–Trinajstić information content (AvgIpc) is 2.94. The van der Waals surface area contributed by atoms with Crippen LogP contribution >= 0.6 is 0 Å². The van der Waals surface area contributed by atoms with E-state index >= 15 is 0 Å². The van der Waals surface area contributed by atoms with Crippen LogP contribution in [0.3, 0.4) is 0 Å². The molecule has 1 aliphatic rings. The predicted molar refractivity (Wildman–Crippen MR) is 85.3 cm³/mol. The number of nitrogen functional groups attached to an aromatic ring is 1. The van der Waals surface area contributed by atoms with Gasteiger partial charge in [-0.2, -0.15) is 0 Å². The van der Waals surface area contributed by atoms with Gasteiger partial charge >= 0.3 is 0 Å². The van der Waals surface area contributed by atoms with E-state index in [0.717, 1.165) is 43.8 Å². The highest BCUT2D eigenvalue weighted by Gasteiger charge is 2.17. The van der Waals surface area contributed by atoms with Crippen LogP contribution in [0, 0.1) is 6.92 Å². The maximum Gasteiger partial charge on any atom is 0.225 e. The number of nitrogens with two attached hydrogens (primary N) is 1.